The van der Waals surface area contributed by atoms with Crippen LogP contribution in [0.15, 0.2) is 18.2 Å². The van der Waals surface area contributed by atoms with Gasteiger partial charge in [0, 0.05) is 24.2 Å². The molecule has 2 N–H and O–H groups in total. The topological polar surface area (TPSA) is 68.8 Å². The Bertz CT molecular complexity index is 563. The van der Waals surface area contributed by atoms with Crippen LogP contribution in [-0.2, 0) is 4.79 Å². The number of fused-ring (bicyclic) bond motifs is 1. The zero-order valence-corrected chi connectivity index (χ0v) is 16.3. The van der Waals surface area contributed by atoms with Gasteiger partial charge in [0.15, 0.2) is 0 Å². The highest BCUT2D eigenvalue weighted by molar-refractivity contribution is 5.85. The fourth-order valence-corrected chi connectivity index (χ4v) is 3.85. The van der Waals surface area contributed by atoms with Gasteiger partial charge in [-0.15, -0.1) is 12.4 Å². The van der Waals surface area contributed by atoms with Crippen molar-refractivity contribution in [3.63, 3.8) is 0 Å². The summed E-state index contributed by atoms with van der Waals surface area (Å²) in [6.07, 6.45) is 6.00. The molecule has 1 aliphatic heterocycles. The highest BCUT2D eigenvalue weighted by Crippen LogP contribution is 2.33. The van der Waals surface area contributed by atoms with Gasteiger partial charge in [0.25, 0.3) is 0 Å². The van der Waals surface area contributed by atoms with Crippen molar-refractivity contribution in [3.8, 4) is 17.2 Å². The molecular weight excluding hydrogens is 356 g/mol. The summed E-state index contributed by atoms with van der Waals surface area (Å²) in [5, 5.41) is 6.47. The predicted molar refractivity (Wildman–Crippen MR) is 103 cm³/mol. The van der Waals surface area contributed by atoms with Gasteiger partial charge in [-0.1, -0.05) is 12.8 Å². The van der Waals surface area contributed by atoms with Crippen LogP contribution in [0.5, 0.6) is 17.2 Å². The molecule has 3 atom stereocenters. The maximum absolute atomic E-state index is 12.3. The van der Waals surface area contributed by atoms with Gasteiger partial charge in [0.1, 0.15) is 23.9 Å². The number of hydrogen-bond donors (Lipinski definition) is 2. The van der Waals surface area contributed by atoms with Gasteiger partial charge in [0.05, 0.1) is 26.8 Å². The second-order valence-corrected chi connectivity index (χ2v) is 6.79. The van der Waals surface area contributed by atoms with Crippen LogP contribution in [-0.4, -0.2) is 45.4 Å². The third kappa shape index (κ3) is 5.17. The Morgan fingerprint density at radius 2 is 1.77 bits per heavy atom. The lowest BCUT2D eigenvalue weighted by Crippen LogP contribution is -2.44. The molecule has 146 valence electrons. The van der Waals surface area contributed by atoms with Gasteiger partial charge in [-0.2, -0.15) is 0 Å². The number of hydrogen-bond acceptors (Lipinski definition) is 5. The maximum atomic E-state index is 12.3. The Balaban J connectivity index is 0.00000243. The highest BCUT2D eigenvalue weighted by atomic mass is 35.5. The third-order valence-corrected chi connectivity index (χ3v) is 5.17. The van der Waals surface area contributed by atoms with E-state index in [1.165, 1.54) is 25.7 Å². The molecule has 0 radical (unpaired) electrons. The number of rotatable bonds is 7. The highest BCUT2D eigenvalue weighted by Gasteiger charge is 2.37. The monoisotopic (exact) mass is 384 g/mol. The summed E-state index contributed by atoms with van der Waals surface area (Å²) in [5.41, 5.74) is 0. The molecule has 1 heterocycles. The van der Waals surface area contributed by atoms with Crippen molar-refractivity contribution in [2.75, 3.05) is 27.4 Å². The molecule has 0 bridgehead atoms. The average molecular weight is 385 g/mol. The van der Waals surface area contributed by atoms with Gasteiger partial charge in [-0.25, -0.2) is 0 Å². The van der Waals surface area contributed by atoms with Crippen molar-refractivity contribution >= 4 is 18.3 Å². The van der Waals surface area contributed by atoms with E-state index in [4.69, 9.17) is 14.2 Å². The van der Waals surface area contributed by atoms with Crippen LogP contribution in [0.3, 0.4) is 0 Å². The van der Waals surface area contributed by atoms with E-state index in [1.54, 1.807) is 32.4 Å². The van der Waals surface area contributed by atoms with Crippen molar-refractivity contribution < 1.29 is 19.0 Å². The molecule has 1 saturated heterocycles. The number of ether oxygens (including phenoxy) is 3. The molecule has 0 aromatic heterocycles. The fourth-order valence-electron chi connectivity index (χ4n) is 3.85. The van der Waals surface area contributed by atoms with Crippen LogP contribution in [0.2, 0.25) is 0 Å². The van der Waals surface area contributed by atoms with Crippen LogP contribution in [0.25, 0.3) is 0 Å². The first-order chi connectivity index (χ1) is 12.2. The van der Waals surface area contributed by atoms with Gasteiger partial charge in [-0.05, 0) is 25.2 Å². The number of carbonyl (C=O) groups excluding carboxylic acids is 1. The number of methoxy groups -OCH3 is 2. The lowest BCUT2D eigenvalue weighted by Gasteiger charge is -2.24. The van der Waals surface area contributed by atoms with Crippen LogP contribution in [0, 0.1) is 5.92 Å². The molecule has 26 heavy (non-hydrogen) atoms. The van der Waals surface area contributed by atoms with E-state index in [0.717, 1.165) is 6.42 Å². The Kier molecular flexibility index (Phi) is 7.85. The van der Waals surface area contributed by atoms with E-state index in [9.17, 15) is 4.79 Å². The summed E-state index contributed by atoms with van der Waals surface area (Å²) in [5.74, 6) is 2.77. The minimum atomic E-state index is -0.0509. The second kappa shape index (κ2) is 9.88. The fraction of sp³-hybridized carbons (Fsp3) is 0.632. The Hall–Kier alpha value is -1.66. The molecule has 2 fully saturated rings. The molecule has 1 aromatic rings. The van der Waals surface area contributed by atoms with Crippen LogP contribution in [0.1, 0.15) is 32.1 Å². The molecule has 6 nitrogen and oxygen atoms in total. The minimum Gasteiger partial charge on any atom is -0.496 e. The number of halogens is 1. The van der Waals surface area contributed by atoms with Crippen molar-refractivity contribution in [2.24, 2.45) is 5.92 Å². The summed E-state index contributed by atoms with van der Waals surface area (Å²) in [7, 11) is 3.20. The first kappa shape index (κ1) is 20.6. The lowest BCUT2D eigenvalue weighted by atomic mass is 9.85. The first-order valence-electron chi connectivity index (χ1n) is 9.09. The molecule has 7 heteroatoms. The van der Waals surface area contributed by atoms with E-state index < -0.39 is 0 Å². The van der Waals surface area contributed by atoms with Crippen molar-refractivity contribution in [1.29, 1.82) is 0 Å². The Morgan fingerprint density at radius 3 is 2.42 bits per heavy atom. The van der Waals surface area contributed by atoms with Gasteiger partial charge >= 0.3 is 0 Å². The quantitative estimate of drug-likeness (QED) is 0.707. The molecule has 3 rings (SSSR count). The van der Waals surface area contributed by atoms with Crippen LogP contribution < -0.4 is 24.8 Å². The normalized spacial score (nSPS) is 24.2. The molecular formula is C19H29ClN2O4. The molecule has 2 aliphatic rings. The summed E-state index contributed by atoms with van der Waals surface area (Å²) in [6, 6.07) is 5.87. The van der Waals surface area contributed by atoms with E-state index in [-0.39, 0.29) is 24.4 Å². The summed E-state index contributed by atoms with van der Waals surface area (Å²) >= 11 is 0. The molecule has 1 aliphatic carbocycles. The number of amides is 1. The van der Waals surface area contributed by atoms with Gasteiger partial charge in [0.2, 0.25) is 5.91 Å². The van der Waals surface area contributed by atoms with Crippen LogP contribution >= 0.6 is 12.4 Å². The van der Waals surface area contributed by atoms with E-state index in [2.05, 4.69) is 10.6 Å². The van der Waals surface area contributed by atoms with Crippen molar-refractivity contribution in [2.45, 2.75) is 44.2 Å². The number of benzene rings is 1. The standard InChI is InChI=1S/C19H28N2O4.ClH/c1-23-14-10-15(24-2)12-16(11-14)25-8-7-20-19(22)18-9-13-5-3-4-6-17(13)21-18;/h10-13,17-18,21H,3-9H2,1-2H3,(H,20,22);1H. The smallest absolute Gasteiger partial charge is 0.237 e. The van der Waals surface area contributed by atoms with Crippen LogP contribution in [0.4, 0.5) is 0 Å². The minimum absolute atomic E-state index is 0. The third-order valence-electron chi connectivity index (χ3n) is 5.17. The van der Waals surface area contributed by atoms with E-state index in [1.807, 2.05) is 0 Å². The first-order valence-corrected chi connectivity index (χ1v) is 9.09. The largest absolute Gasteiger partial charge is 0.496 e. The SMILES string of the molecule is COc1cc(OC)cc(OCCNC(=O)C2CC3CCCCC3N2)c1.Cl. The summed E-state index contributed by atoms with van der Waals surface area (Å²) < 4.78 is 16.1. The zero-order valence-electron chi connectivity index (χ0n) is 15.5. The Labute approximate surface area is 161 Å². The van der Waals surface area contributed by atoms with Crippen molar-refractivity contribution in [3.05, 3.63) is 18.2 Å². The maximum Gasteiger partial charge on any atom is 0.237 e. The lowest BCUT2D eigenvalue weighted by molar-refractivity contribution is -0.123. The zero-order chi connectivity index (χ0) is 17.6. The summed E-state index contributed by atoms with van der Waals surface area (Å²) in [4.78, 5) is 12.3. The van der Waals surface area contributed by atoms with Gasteiger partial charge < -0.3 is 24.8 Å². The second-order valence-electron chi connectivity index (χ2n) is 6.79. The average Bonchev–Trinajstić information content (AvgIpc) is 3.09. The molecule has 1 aromatic carbocycles. The number of nitrogens with one attached hydrogen (secondary N) is 2. The Morgan fingerprint density at radius 1 is 1.12 bits per heavy atom. The van der Waals surface area contributed by atoms with Crippen molar-refractivity contribution in [1.82, 2.24) is 10.6 Å². The molecule has 3 unspecified atom stereocenters. The molecule has 1 amide bonds. The number of carbonyl (C=O) groups is 1. The molecule has 0 spiro atoms. The predicted octanol–water partition coefficient (Wildman–Crippen LogP) is 2.54. The van der Waals surface area contributed by atoms with E-state index in [0.29, 0.717) is 42.4 Å². The van der Waals surface area contributed by atoms with E-state index >= 15 is 0 Å². The molecule has 1 saturated carbocycles. The summed E-state index contributed by atoms with van der Waals surface area (Å²) in [6.45, 7) is 0.882. The van der Waals surface area contributed by atoms with Gasteiger partial charge in [-0.3, -0.25) is 4.79 Å².